The summed E-state index contributed by atoms with van der Waals surface area (Å²) in [6.45, 7) is 0. The summed E-state index contributed by atoms with van der Waals surface area (Å²) in [6, 6.07) is 13.3. The van der Waals surface area contributed by atoms with E-state index >= 15 is 0 Å². The lowest BCUT2D eigenvalue weighted by Gasteiger charge is -2.14. The molecule has 0 aromatic heterocycles. The van der Waals surface area contributed by atoms with Crippen molar-refractivity contribution in [3.05, 3.63) is 103 Å². The summed E-state index contributed by atoms with van der Waals surface area (Å²) in [7, 11) is 2.62. The highest BCUT2D eigenvalue weighted by Crippen LogP contribution is 2.29. The number of hydrogen-bond donors (Lipinski definition) is 2. The molecule has 0 atom stereocenters. The molecule has 12 nitrogen and oxygen atoms in total. The summed E-state index contributed by atoms with van der Waals surface area (Å²) in [4.78, 5) is 47.3. The number of rotatable bonds is 9. The zero-order chi connectivity index (χ0) is 27.1. The Labute approximate surface area is 214 Å². The quantitative estimate of drug-likeness (QED) is 0.232. The molecule has 0 fully saturated rings. The maximum atomic E-state index is 13.2. The number of ether oxygens (including phenoxy) is 2. The molecule has 0 aliphatic rings. The number of amides is 2. The van der Waals surface area contributed by atoms with Crippen LogP contribution in [0.3, 0.4) is 0 Å². The average Bonchev–Trinajstić information content (AvgIpc) is 2.88. The third-order valence-corrected chi connectivity index (χ3v) is 5.17. The molecule has 2 amide bonds. The van der Waals surface area contributed by atoms with Crippen LogP contribution in [0.15, 0.2) is 66.4 Å². The van der Waals surface area contributed by atoms with Crippen molar-refractivity contribution in [2.45, 2.75) is 0 Å². The van der Waals surface area contributed by atoms with E-state index in [9.17, 15) is 29.8 Å². The largest absolute Gasteiger partial charge is 0.496 e. The van der Waals surface area contributed by atoms with Gasteiger partial charge in [-0.15, -0.1) is 0 Å². The second-order valence-corrected chi connectivity index (χ2v) is 7.74. The Balaban J connectivity index is 2.02. The lowest BCUT2D eigenvalue weighted by Crippen LogP contribution is -2.31. The summed E-state index contributed by atoms with van der Waals surface area (Å²) in [5.74, 6) is -1.40. The van der Waals surface area contributed by atoms with Gasteiger partial charge >= 0.3 is 0 Å². The fourth-order valence-electron chi connectivity index (χ4n) is 3.19. The van der Waals surface area contributed by atoms with Gasteiger partial charge in [-0.1, -0.05) is 23.7 Å². The Morgan fingerprint density at radius 3 is 2.22 bits per heavy atom. The molecule has 2 N–H and O–H groups in total. The third-order valence-electron chi connectivity index (χ3n) is 4.94. The standard InChI is InChI=1S/C24H19ClN4O8/c1-36-21-9-6-15(25)12-18(21)23(30)27-20(11-14-4-3-5-16(10-14)28(32)33)24(31)26-19-8-7-17(29(34)35)13-22(19)37-2/h3-13H,1-2H3,(H,26,31)(H,27,30)/b20-11-. The number of nitro benzene ring substituents is 2. The second kappa shape index (κ2) is 11.6. The molecule has 0 spiro atoms. The maximum Gasteiger partial charge on any atom is 0.273 e. The molecular formula is C24H19ClN4O8. The van der Waals surface area contributed by atoms with Crippen molar-refractivity contribution in [3.8, 4) is 11.5 Å². The predicted octanol–water partition coefficient (Wildman–Crippen LogP) is 4.58. The van der Waals surface area contributed by atoms with E-state index in [0.717, 1.165) is 12.1 Å². The minimum absolute atomic E-state index is 0.0000795. The molecule has 3 aromatic carbocycles. The zero-order valence-electron chi connectivity index (χ0n) is 19.4. The number of methoxy groups -OCH3 is 2. The first-order valence-corrected chi connectivity index (χ1v) is 10.8. The van der Waals surface area contributed by atoms with Gasteiger partial charge in [0.2, 0.25) is 0 Å². The van der Waals surface area contributed by atoms with Crippen molar-refractivity contribution >= 4 is 46.6 Å². The summed E-state index contributed by atoms with van der Waals surface area (Å²) in [5, 5.41) is 27.5. The van der Waals surface area contributed by atoms with Crippen LogP contribution in [0, 0.1) is 20.2 Å². The van der Waals surface area contributed by atoms with E-state index in [-0.39, 0.29) is 50.4 Å². The third kappa shape index (κ3) is 6.58. The molecule has 0 unspecified atom stereocenters. The van der Waals surface area contributed by atoms with Gasteiger partial charge in [0.05, 0.1) is 41.4 Å². The number of halogens is 1. The lowest BCUT2D eigenvalue weighted by atomic mass is 10.1. The SMILES string of the molecule is COc1cc([N+](=O)[O-])ccc1NC(=O)/C(=C/c1cccc([N+](=O)[O-])c1)NC(=O)c1cc(Cl)ccc1OC. The Morgan fingerprint density at radius 1 is 0.892 bits per heavy atom. The van der Waals surface area contributed by atoms with Gasteiger partial charge in [-0.2, -0.15) is 0 Å². The molecule has 3 aromatic rings. The number of non-ortho nitro benzene ring substituents is 2. The topological polar surface area (TPSA) is 163 Å². The fourth-order valence-corrected chi connectivity index (χ4v) is 3.36. The smallest absolute Gasteiger partial charge is 0.273 e. The van der Waals surface area contributed by atoms with E-state index in [2.05, 4.69) is 10.6 Å². The number of nitrogens with one attached hydrogen (secondary N) is 2. The van der Waals surface area contributed by atoms with E-state index in [1.165, 1.54) is 68.8 Å². The summed E-state index contributed by atoms with van der Waals surface area (Å²) >= 11 is 6.01. The number of anilines is 1. The van der Waals surface area contributed by atoms with Gasteiger partial charge in [-0.3, -0.25) is 29.8 Å². The van der Waals surface area contributed by atoms with Crippen LogP contribution in [0.25, 0.3) is 6.08 Å². The fraction of sp³-hybridized carbons (Fsp3) is 0.0833. The summed E-state index contributed by atoms with van der Waals surface area (Å²) in [5.41, 5.74) is -0.434. The van der Waals surface area contributed by atoms with Gasteiger partial charge in [0.15, 0.2) is 0 Å². The van der Waals surface area contributed by atoms with Gasteiger partial charge in [0.25, 0.3) is 23.2 Å². The highest BCUT2D eigenvalue weighted by atomic mass is 35.5. The molecule has 0 heterocycles. The number of carbonyl (C=O) groups excluding carboxylic acids is 2. The molecule has 0 radical (unpaired) electrons. The van der Waals surface area contributed by atoms with Gasteiger partial charge in [-0.05, 0) is 35.9 Å². The van der Waals surface area contributed by atoms with Crippen molar-refractivity contribution in [2.24, 2.45) is 0 Å². The van der Waals surface area contributed by atoms with E-state index in [0.29, 0.717) is 0 Å². The highest BCUT2D eigenvalue weighted by Gasteiger charge is 2.21. The van der Waals surface area contributed by atoms with Crippen LogP contribution in [0.4, 0.5) is 17.1 Å². The van der Waals surface area contributed by atoms with Gasteiger partial charge in [0, 0.05) is 23.2 Å². The predicted molar refractivity (Wildman–Crippen MR) is 135 cm³/mol. The average molecular weight is 527 g/mol. The van der Waals surface area contributed by atoms with E-state index in [4.69, 9.17) is 21.1 Å². The molecule has 0 aliphatic heterocycles. The van der Waals surface area contributed by atoms with E-state index < -0.39 is 21.7 Å². The van der Waals surface area contributed by atoms with E-state index in [1.54, 1.807) is 0 Å². The lowest BCUT2D eigenvalue weighted by molar-refractivity contribution is -0.385. The van der Waals surface area contributed by atoms with Crippen molar-refractivity contribution in [2.75, 3.05) is 19.5 Å². The first-order chi connectivity index (χ1) is 17.6. The van der Waals surface area contributed by atoms with E-state index in [1.807, 2.05) is 0 Å². The van der Waals surface area contributed by atoms with Crippen LogP contribution in [-0.4, -0.2) is 35.9 Å². The molecule has 190 valence electrons. The van der Waals surface area contributed by atoms with Crippen LogP contribution in [0.2, 0.25) is 5.02 Å². The zero-order valence-corrected chi connectivity index (χ0v) is 20.1. The Bertz CT molecular complexity index is 1420. The van der Waals surface area contributed by atoms with Gasteiger partial charge in [0.1, 0.15) is 17.2 Å². The number of carbonyl (C=O) groups is 2. The van der Waals surface area contributed by atoms with Crippen molar-refractivity contribution in [3.63, 3.8) is 0 Å². The van der Waals surface area contributed by atoms with Crippen LogP contribution in [0.5, 0.6) is 11.5 Å². The first-order valence-electron chi connectivity index (χ1n) is 10.4. The van der Waals surface area contributed by atoms with Crippen LogP contribution < -0.4 is 20.1 Å². The van der Waals surface area contributed by atoms with Crippen LogP contribution in [-0.2, 0) is 4.79 Å². The van der Waals surface area contributed by atoms with Gasteiger partial charge < -0.3 is 20.1 Å². The molecule has 0 saturated heterocycles. The molecule has 37 heavy (non-hydrogen) atoms. The first kappa shape index (κ1) is 26.6. The van der Waals surface area contributed by atoms with Crippen molar-refractivity contribution in [1.82, 2.24) is 5.32 Å². The Morgan fingerprint density at radius 2 is 1.57 bits per heavy atom. The Hall–Kier alpha value is -4.97. The number of nitro groups is 2. The maximum absolute atomic E-state index is 13.2. The van der Waals surface area contributed by atoms with Crippen molar-refractivity contribution in [1.29, 1.82) is 0 Å². The summed E-state index contributed by atoms with van der Waals surface area (Å²) in [6.07, 6.45) is 1.23. The minimum Gasteiger partial charge on any atom is -0.496 e. The molecule has 0 aliphatic carbocycles. The summed E-state index contributed by atoms with van der Waals surface area (Å²) < 4.78 is 10.3. The normalized spacial score (nSPS) is 10.8. The highest BCUT2D eigenvalue weighted by molar-refractivity contribution is 6.31. The molecule has 13 heteroatoms. The molecule has 3 rings (SSSR count). The number of nitrogens with zero attached hydrogens (tertiary/aromatic N) is 2. The Kier molecular flexibility index (Phi) is 8.38. The van der Waals surface area contributed by atoms with Crippen molar-refractivity contribution < 1.29 is 28.9 Å². The molecule has 0 saturated carbocycles. The second-order valence-electron chi connectivity index (χ2n) is 7.30. The van der Waals surface area contributed by atoms with Crippen LogP contribution in [0.1, 0.15) is 15.9 Å². The monoisotopic (exact) mass is 526 g/mol. The number of benzene rings is 3. The van der Waals surface area contributed by atoms with Crippen LogP contribution >= 0.6 is 11.6 Å². The minimum atomic E-state index is -0.840. The molecular weight excluding hydrogens is 508 g/mol. The molecule has 0 bridgehead atoms. The number of hydrogen-bond acceptors (Lipinski definition) is 8. The van der Waals surface area contributed by atoms with Gasteiger partial charge in [-0.25, -0.2) is 0 Å².